The highest BCUT2D eigenvalue weighted by molar-refractivity contribution is 5.83. The topological polar surface area (TPSA) is 67.4 Å². The fraction of sp³-hybridized carbons (Fsp3) is 0.429. The summed E-state index contributed by atoms with van der Waals surface area (Å²) < 4.78 is 4.56. The zero-order valence-corrected chi connectivity index (χ0v) is 11.1. The van der Waals surface area contributed by atoms with Crippen molar-refractivity contribution >= 4 is 12.0 Å². The summed E-state index contributed by atoms with van der Waals surface area (Å²) in [6.45, 7) is 1.59. The van der Waals surface area contributed by atoms with Crippen molar-refractivity contribution in [1.82, 2.24) is 10.6 Å². The van der Waals surface area contributed by atoms with Gasteiger partial charge in [-0.2, -0.15) is 0 Å². The van der Waals surface area contributed by atoms with E-state index in [1.807, 2.05) is 30.3 Å². The third kappa shape index (κ3) is 3.05. The predicted molar refractivity (Wildman–Crippen MR) is 70.5 cm³/mol. The molecule has 2 amide bonds. The second-order valence-electron chi connectivity index (χ2n) is 4.79. The molecule has 102 valence electrons. The number of esters is 1. The second kappa shape index (κ2) is 5.30. The molecule has 0 aliphatic heterocycles. The highest BCUT2D eigenvalue weighted by atomic mass is 16.5. The van der Waals surface area contributed by atoms with Crippen LogP contribution in [-0.2, 0) is 15.1 Å². The van der Waals surface area contributed by atoms with Gasteiger partial charge in [-0.1, -0.05) is 30.3 Å². The lowest BCUT2D eigenvalue weighted by Crippen LogP contribution is -2.48. The van der Waals surface area contributed by atoms with Crippen LogP contribution >= 0.6 is 0 Å². The number of ether oxygens (including phenoxy) is 1. The Kier molecular flexibility index (Phi) is 3.74. The Bertz CT molecular complexity index is 469. The van der Waals surface area contributed by atoms with E-state index in [-0.39, 0.29) is 11.6 Å². The molecule has 5 heteroatoms. The molecule has 0 heterocycles. The predicted octanol–water partition coefficient (Wildman–Crippen LogP) is 1.54. The zero-order valence-electron chi connectivity index (χ0n) is 11.1. The van der Waals surface area contributed by atoms with E-state index in [0.29, 0.717) is 0 Å². The molecule has 1 aromatic rings. The van der Waals surface area contributed by atoms with Crippen molar-refractivity contribution < 1.29 is 14.3 Å². The maximum absolute atomic E-state index is 11.9. The first-order valence-corrected chi connectivity index (χ1v) is 6.29. The minimum atomic E-state index is -0.656. The molecule has 19 heavy (non-hydrogen) atoms. The van der Waals surface area contributed by atoms with Gasteiger partial charge < -0.3 is 15.4 Å². The van der Waals surface area contributed by atoms with Crippen molar-refractivity contribution in [3.8, 4) is 0 Å². The monoisotopic (exact) mass is 262 g/mol. The highest BCUT2D eigenvalue weighted by Gasteiger charge is 2.45. The fourth-order valence-electron chi connectivity index (χ4n) is 2.05. The first kappa shape index (κ1) is 13.4. The van der Waals surface area contributed by atoms with Gasteiger partial charge in [-0.25, -0.2) is 9.59 Å². The number of benzene rings is 1. The number of carbonyl (C=O) groups is 2. The van der Waals surface area contributed by atoms with Gasteiger partial charge in [0, 0.05) is 0 Å². The van der Waals surface area contributed by atoms with E-state index >= 15 is 0 Å². The van der Waals surface area contributed by atoms with Crippen molar-refractivity contribution in [2.24, 2.45) is 0 Å². The Morgan fingerprint density at radius 1 is 1.26 bits per heavy atom. The van der Waals surface area contributed by atoms with Crippen LogP contribution in [0.1, 0.15) is 25.3 Å². The first-order valence-electron chi connectivity index (χ1n) is 6.29. The van der Waals surface area contributed by atoms with Gasteiger partial charge in [0.2, 0.25) is 0 Å². The molecule has 1 atom stereocenters. The number of hydrogen-bond acceptors (Lipinski definition) is 3. The summed E-state index contributed by atoms with van der Waals surface area (Å²) in [5.74, 6) is -0.459. The Hall–Kier alpha value is -2.04. The highest BCUT2D eigenvalue weighted by Crippen LogP contribution is 2.45. The van der Waals surface area contributed by atoms with Crippen LogP contribution in [-0.4, -0.2) is 25.2 Å². The maximum Gasteiger partial charge on any atom is 0.328 e. The SMILES string of the molecule is COC(=O)C(C)NC(=O)NC1(c2ccccc2)CC1. The number of hydrogen-bond donors (Lipinski definition) is 2. The van der Waals surface area contributed by atoms with Crippen LogP contribution in [0.5, 0.6) is 0 Å². The van der Waals surface area contributed by atoms with E-state index in [1.54, 1.807) is 6.92 Å². The summed E-state index contributed by atoms with van der Waals surface area (Å²) in [4.78, 5) is 23.1. The van der Waals surface area contributed by atoms with Crippen molar-refractivity contribution in [1.29, 1.82) is 0 Å². The van der Waals surface area contributed by atoms with E-state index in [1.165, 1.54) is 7.11 Å². The zero-order chi connectivity index (χ0) is 13.9. The second-order valence-corrected chi connectivity index (χ2v) is 4.79. The molecule has 5 nitrogen and oxygen atoms in total. The number of methoxy groups -OCH3 is 1. The normalized spacial score (nSPS) is 17.2. The van der Waals surface area contributed by atoms with E-state index in [4.69, 9.17) is 0 Å². The smallest absolute Gasteiger partial charge is 0.328 e. The van der Waals surface area contributed by atoms with Gasteiger partial charge in [-0.05, 0) is 25.3 Å². The molecular formula is C14H18N2O3. The molecule has 0 radical (unpaired) electrons. The molecule has 0 spiro atoms. The molecule has 1 aromatic carbocycles. The minimum absolute atomic E-state index is 0.277. The molecule has 1 saturated carbocycles. The molecule has 2 rings (SSSR count). The van der Waals surface area contributed by atoms with Crippen LogP contribution in [0.4, 0.5) is 4.79 Å². The quantitative estimate of drug-likeness (QED) is 0.809. The Morgan fingerprint density at radius 2 is 1.89 bits per heavy atom. The van der Waals surface area contributed by atoms with Crippen LogP contribution in [0.3, 0.4) is 0 Å². The standard InChI is InChI=1S/C14H18N2O3/c1-10(12(17)19-2)15-13(18)16-14(8-9-14)11-6-4-3-5-7-11/h3-7,10H,8-9H2,1-2H3,(H2,15,16,18). The van der Waals surface area contributed by atoms with Gasteiger partial charge in [0.05, 0.1) is 12.6 Å². The number of nitrogens with one attached hydrogen (secondary N) is 2. The maximum atomic E-state index is 11.9. The Labute approximate surface area is 112 Å². The molecule has 1 fully saturated rings. The largest absolute Gasteiger partial charge is 0.467 e. The summed E-state index contributed by atoms with van der Waals surface area (Å²) in [5.41, 5.74) is 0.817. The number of rotatable bonds is 4. The lowest BCUT2D eigenvalue weighted by Gasteiger charge is -2.20. The van der Waals surface area contributed by atoms with Crippen LogP contribution in [0, 0.1) is 0 Å². The van der Waals surface area contributed by atoms with E-state index in [0.717, 1.165) is 18.4 Å². The van der Waals surface area contributed by atoms with E-state index in [9.17, 15) is 9.59 Å². The van der Waals surface area contributed by atoms with Gasteiger partial charge in [-0.15, -0.1) is 0 Å². The van der Waals surface area contributed by atoms with Crippen LogP contribution < -0.4 is 10.6 Å². The average Bonchev–Trinajstić information content (AvgIpc) is 3.19. The number of carbonyl (C=O) groups excluding carboxylic acids is 2. The first-order chi connectivity index (χ1) is 9.07. The van der Waals surface area contributed by atoms with Crippen molar-refractivity contribution in [2.75, 3.05) is 7.11 Å². The molecular weight excluding hydrogens is 244 g/mol. The number of amides is 2. The van der Waals surface area contributed by atoms with Gasteiger partial charge in [0.1, 0.15) is 6.04 Å². The van der Waals surface area contributed by atoms with Crippen LogP contribution in [0.15, 0.2) is 30.3 Å². The van der Waals surface area contributed by atoms with E-state index < -0.39 is 12.0 Å². The van der Waals surface area contributed by atoms with Crippen LogP contribution in [0.25, 0.3) is 0 Å². The van der Waals surface area contributed by atoms with Crippen LogP contribution in [0.2, 0.25) is 0 Å². The lowest BCUT2D eigenvalue weighted by molar-refractivity contribution is -0.142. The summed E-state index contributed by atoms with van der Waals surface area (Å²) in [6.07, 6.45) is 1.83. The third-order valence-electron chi connectivity index (χ3n) is 3.33. The summed E-state index contributed by atoms with van der Waals surface area (Å²) in [7, 11) is 1.30. The number of urea groups is 1. The molecule has 0 aromatic heterocycles. The average molecular weight is 262 g/mol. The summed E-state index contributed by atoms with van der Waals surface area (Å²) in [5, 5.41) is 5.51. The molecule has 0 bridgehead atoms. The molecule has 2 N–H and O–H groups in total. The lowest BCUT2D eigenvalue weighted by atomic mass is 10.1. The molecule has 1 aliphatic carbocycles. The van der Waals surface area contributed by atoms with Crippen molar-refractivity contribution in [3.63, 3.8) is 0 Å². The van der Waals surface area contributed by atoms with E-state index in [2.05, 4.69) is 15.4 Å². The molecule has 1 aliphatic rings. The van der Waals surface area contributed by atoms with Crippen molar-refractivity contribution in [3.05, 3.63) is 35.9 Å². The Balaban J connectivity index is 1.95. The fourth-order valence-corrected chi connectivity index (χ4v) is 2.05. The third-order valence-corrected chi connectivity index (χ3v) is 3.33. The summed E-state index contributed by atoms with van der Waals surface area (Å²) in [6, 6.07) is 8.83. The Morgan fingerprint density at radius 3 is 2.42 bits per heavy atom. The van der Waals surface area contributed by atoms with Gasteiger partial charge in [0.15, 0.2) is 0 Å². The molecule has 1 unspecified atom stereocenters. The molecule has 0 saturated heterocycles. The summed E-state index contributed by atoms with van der Waals surface area (Å²) >= 11 is 0. The van der Waals surface area contributed by atoms with Gasteiger partial charge in [-0.3, -0.25) is 0 Å². The minimum Gasteiger partial charge on any atom is -0.467 e. The van der Waals surface area contributed by atoms with Gasteiger partial charge >= 0.3 is 12.0 Å². The van der Waals surface area contributed by atoms with Gasteiger partial charge in [0.25, 0.3) is 0 Å². The van der Waals surface area contributed by atoms with Crippen molar-refractivity contribution in [2.45, 2.75) is 31.3 Å².